The first-order valence-corrected chi connectivity index (χ1v) is 9.11. The van der Waals surface area contributed by atoms with Crippen LogP contribution in [0.5, 0.6) is 0 Å². The SMILES string of the molecule is CCOC(=O)C1(c2nc(CS(C)(=O)=O)no2)CCCCC1. The molecule has 1 aromatic heterocycles. The molecular weight excluding hydrogens is 296 g/mol. The molecule has 0 radical (unpaired) electrons. The quantitative estimate of drug-likeness (QED) is 0.756. The summed E-state index contributed by atoms with van der Waals surface area (Å²) in [6.07, 6.45) is 5.08. The molecule has 1 aliphatic rings. The van der Waals surface area contributed by atoms with Crippen molar-refractivity contribution in [2.45, 2.75) is 50.2 Å². The number of aromatic nitrogens is 2. The maximum absolute atomic E-state index is 12.3. The lowest BCUT2D eigenvalue weighted by Crippen LogP contribution is -2.39. The van der Waals surface area contributed by atoms with Crippen LogP contribution in [0.3, 0.4) is 0 Å². The second-order valence-corrected chi connectivity index (χ2v) is 7.59. The molecule has 0 N–H and O–H groups in total. The molecule has 118 valence electrons. The van der Waals surface area contributed by atoms with Crippen molar-refractivity contribution >= 4 is 15.8 Å². The van der Waals surface area contributed by atoms with Crippen molar-refractivity contribution in [3.05, 3.63) is 11.7 Å². The van der Waals surface area contributed by atoms with Gasteiger partial charge in [-0.25, -0.2) is 8.42 Å². The van der Waals surface area contributed by atoms with Crippen LogP contribution in [0.4, 0.5) is 0 Å². The highest BCUT2D eigenvalue weighted by molar-refractivity contribution is 7.89. The Morgan fingerprint density at radius 3 is 2.57 bits per heavy atom. The van der Waals surface area contributed by atoms with Crippen LogP contribution in [-0.4, -0.2) is 37.4 Å². The standard InChI is InChI=1S/C13H20N2O5S/c1-3-19-12(16)13(7-5-4-6-8-13)11-14-10(15-20-11)9-21(2,17)18/h3-9H2,1-2H3. The van der Waals surface area contributed by atoms with E-state index in [1.165, 1.54) is 0 Å². The van der Waals surface area contributed by atoms with Crippen LogP contribution in [-0.2, 0) is 30.5 Å². The zero-order valence-corrected chi connectivity index (χ0v) is 13.1. The fourth-order valence-electron chi connectivity index (χ4n) is 2.67. The van der Waals surface area contributed by atoms with E-state index in [0.29, 0.717) is 12.8 Å². The summed E-state index contributed by atoms with van der Waals surface area (Å²) in [5.41, 5.74) is -0.920. The molecule has 7 nitrogen and oxygen atoms in total. The van der Waals surface area contributed by atoms with Gasteiger partial charge < -0.3 is 9.26 Å². The largest absolute Gasteiger partial charge is 0.465 e. The Bertz CT molecular complexity index is 602. The van der Waals surface area contributed by atoms with E-state index in [2.05, 4.69) is 10.1 Å². The molecule has 1 aliphatic carbocycles. The molecule has 0 aromatic carbocycles. The van der Waals surface area contributed by atoms with Gasteiger partial charge in [-0.05, 0) is 19.8 Å². The van der Waals surface area contributed by atoms with Crippen molar-refractivity contribution in [3.8, 4) is 0 Å². The van der Waals surface area contributed by atoms with Gasteiger partial charge >= 0.3 is 5.97 Å². The molecule has 0 atom stereocenters. The molecule has 21 heavy (non-hydrogen) atoms. The fourth-order valence-corrected chi connectivity index (χ4v) is 3.26. The van der Waals surface area contributed by atoms with Crippen molar-refractivity contribution in [1.29, 1.82) is 0 Å². The minimum Gasteiger partial charge on any atom is -0.465 e. The minimum atomic E-state index is -3.25. The second-order valence-electron chi connectivity index (χ2n) is 5.45. The molecule has 0 aliphatic heterocycles. The van der Waals surface area contributed by atoms with Crippen LogP contribution >= 0.6 is 0 Å². The Kier molecular flexibility index (Phi) is 4.65. The minimum absolute atomic E-state index is 0.0850. The Morgan fingerprint density at radius 2 is 2.00 bits per heavy atom. The molecule has 0 unspecified atom stereocenters. The third-order valence-electron chi connectivity index (χ3n) is 3.64. The molecule has 0 saturated heterocycles. The predicted octanol–water partition coefficient (Wildman–Crippen LogP) is 1.38. The molecule has 0 bridgehead atoms. The number of sulfone groups is 1. The summed E-state index contributed by atoms with van der Waals surface area (Å²) < 4.78 is 32.9. The summed E-state index contributed by atoms with van der Waals surface area (Å²) in [4.78, 5) is 16.5. The van der Waals surface area contributed by atoms with Gasteiger partial charge in [-0.15, -0.1) is 0 Å². The number of hydrogen-bond acceptors (Lipinski definition) is 7. The van der Waals surface area contributed by atoms with Crippen molar-refractivity contribution in [2.75, 3.05) is 12.9 Å². The van der Waals surface area contributed by atoms with Crippen LogP contribution in [0.25, 0.3) is 0 Å². The van der Waals surface area contributed by atoms with E-state index in [-0.39, 0.29) is 30.0 Å². The molecule has 1 fully saturated rings. The van der Waals surface area contributed by atoms with Crippen LogP contribution in [0.1, 0.15) is 50.7 Å². The lowest BCUT2D eigenvalue weighted by molar-refractivity contribution is -0.152. The van der Waals surface area contributed by atoms with E-state index in [1.54, 1.807) is 6.92 Å². The number of rotatable bonds is 5. The van der Waals surface area contributed by atoms with Gasteiger partial charge in [-0.1, -0.05) is 24.4 Å². The number of nitrogens with zero attached hydrogens (tertiary/aromatic N) is 2. The third-order valence-corrected chi connectivity index (χ3v) is 4.42. The summed E-state index contributed by atoms with van der Waals surface area (Å²) >= 11 is 0. The average Bonchev–Trinajstić information content (AvgIpc) is 2.86. The van der Waals surface area contributed by atoms with Gasteiger partial charge in [-0.3, -0.25) is 4.79 Å². The molecule has 2 rings (SSSR count). The second kappa shape index (κ2) is 6.13. The maximum atomic E-state index is 12.3. The molecule has 8 heteroatoms. The van der Waals surface area contributed by atoms with E-state index < -0.39 is 15.3 Å². The highest BCUT2D eigenvalue weighted by Gasteiger charge is 2.47. The Morgan fingerprint density at radius 1 is 1.33 bits per heavy atom. The normalized spacial score (nSPS) is 18.4. The number of carbonyl (C=O) groups excluding carboxylic acids is 1. The number of esters is 1. The van der Waals surface area contributed by atoms with E-state index in [9.17, 15) is 13.2 Å². The molecule has 0 spiro atoms. The first-order chi connectivity index (χ1) is 9.87. The molecular formula is C13H20N2O5S. The van der Waals surface area contributed by atoms with Gasteiger partial charge in [0, 0.05) is 6.26 Å². The van der Waals surface area contributed by atoms with Crippen LogP contribution in [0.2, 0.25) is 0 Å². The van der Waals surface area contributed by atoms with Gasteiger partial charge in [0.05, 0.1) is 6.61 Å². The first-order valence-electron chi connectivity index (χ1n) is 7.05. The van der Waals surface area contributed by atoms with E-state index in [4.69, 9.17) is 9.26 Å². The van der Waals surface area contributed by atoms with Crippen molar-refractivity contribution < 1.29 is 22.5 Å². The monoisotopic (exact) mass is 316 g/mol. The van der Waals surface area contributed by atoms with Gasteiger partial charge in [0.25, 0.3) is 0 Å². The highest BCUT2D eigenvalue weighted by atomic mass is 32.2. The summed E-state index contributed by atoms with van der Waals surface area (Å²) in [6.45, 7) is 2.03. The smallest absolute Gasteiger partial charge is 0.321 e. The molecule has 0 amide bonds. The van der Waals surface area contributed by atoms with E-state index in [1.807, 2.05) is 0 Å². The van der Waals surface area contributed by atoms with Gasteiger partial charge in [0.2, 0.25) is 5.89 Å². The van der Waals surface area contributed by atoms with Crippen LogP contribution in [0.15, 0.2) is 4.52 Å². The van der Waals surface area contributed by atoms with E-state index in [0.717, 1.165) is 25.5 Å². The lowest BCUT2D eigenvalue weighted by atomic mass is 9.74. The molecule has 1 heterocycles. The van der Waals surface area contributed by atoms with Crippen molar-refractivity contribution in [1.82, 2.24) is 10.1 Å². The summed E-state index contributed by atoms with van der Waals surface area (Å²) in [7, 11) is -3.25. The fraction of sp³-hybridized carbons (Fsp3) is 0.769. The zero-order valence-electron chi connectivity index (χ0n) is 12.3. The maximum Gasteiger partial charge on any atom is 0.321 e. The molecule has 1 aromatic rings. The Hall–Kier alpha value is -1.44. The van der Waals surface area contributed by atoms with Crippen LogP contribution < -0.4 is 0 Å². The predicted molar refractivity (Wildman–Crippen MR) is 74.2 cm³/mol. The van der Waals surface area contributed by atoms with Gasteiger partial charge in [0.1, 0.15) is 11.2 Å². The number of carbonyl (C=O) groups is 1. The Balaban J connectivity index is 2.31. The highest BCUT2D eigenvalue weighted by Crippen LogP contribution is 2.39. The topological polar surface area (TPSA) is 99.4 Å². The average molecular weight is 316 g/mol. The lowest BCUT2D eigenvalue weighted by Gasteiger charge is -2.31. The summed E-state index contributed by atoms with van der Waals surface area (Å²) in [6, 6.07) is 0. The van der Waals surface area contributed by atoms with Gasteiger partial charge in [-0.2, -0.15) is 4.98 Å². The first kappa shape index (κ1) is 15.9. The summed E-state index contributed by atoms with van der Waals surface area (Å²) in [5, 5.41) is 3.69. The number of ether oxygens (including phenoxy) is 1. The van der Waals surface area contributed by atoms with E-state index >= 15 is 0 Å². The zero-order chi connectivity index (χ0) is 15.5. The number of hydrogen-bond donors (Lipinski definition) is 0. The van der Waals surface area contributed by atoms with Crippen LogP contribution in [0, 0.1) is 0 Å². The summed E-state index contributed by atoms with van der Waals surface area (Å²) in [5.74, 6) is -0.393. The third kappa shape index (κ3) is 3.61. The molecule has 1 saturated carbocycles. The van der Waals surface area contributed by atoms with Gasteiger partial charge in [0.15, 0.2) is 15.7 Å². The van der Waals surface area contributed by atoms with Crippen molar-refractivity contribution in [3.63, 3.8) is 0 Å². The Labute approximate surface area is 124 Å². The van der Waals surface area contributed by atoms with Crippen molar-refractivity contribution in [2.24, 2.45) is 0 Å².